The van der Waals surface area contributed by atoms with Crippen molar-refractivity contribution in [2.75, 3.05) is 5.01 Å². The van der Waals surface area contributed by atoms with E-state index in [4.69, 9.17) is 0 Å². The van der Waals surface area contributed by atoms with Crippen LogP contribution in [0.2, 0.25) is 0 Å². The number of carbonyl (C=O) groups is 1. The Morgan fingerprint density at radius 2 is 2.00 bits per heavy atom. The average Bonchev–Trinajstić information content (AvgIpc) is 3.37. The molecule has 144 valence electrons. The van der Waals surface area contributed by atoms with Crippen LogP contribution in [0.1, 0.15) is 20.8 Å². The fourth-order valence-corrected chi connectivity index (χ4v) is 4.23. The molecule has 0 aliphatic rings. The lowest BCUT2D eigenvalue weighted by Gasteiger charge is -2.13. The molecular weight excluding hydrogens is 408 g/mol. The minimum Gasteiger partial charge on any atom is -0.267 e. The Hall–Kier alpha value is -3.43. The second-order valence-electron chi connectivity index (χ2n) is 6.15. The maximum absolute atomic E-state index is 13.1. The summed E-state index contributed by atoms with van der Waals surface area (Å²) in [7, 11) is 0. The highest BCUT2D eigenvalue weighted by Crippen LogP contribution is 2.31. The summed E-state index contributed by atoms with van der Waals surface area (Å²) in [5, 5.41) is 18.8. The molecule has 0 unspecified atom stereocenters. The van der Waals surface area contributed by atoms with Gasteiger partial charge >= 0.3 is 0 Å². The molecule has 4 rings (SSSR count). The fraction of sp³-hybridized carbons (Fsp3) is 0.0500. The molecule has 2 aromatic heterocycles. The molecule has 0 N–H and O–H groups in total. The molecule has 2 heterocycles. The number of nitro benzene ring substituents is 1. The second-order valence-corrected chi connectivity index (χ2v) is 8.14. The highest BCUT2D eigenvalue weighted by atomic mass is 32.1. The van der Waals surface area contributed by atoms with E-state index < -0.39 is 10.8 Å². The summed E-state index contributed by atoms with van der Waals surface area (Å²) in [6.07, 6.45) is 1.60. The summed E-state index contributed by atoms with van der Waals surface area (Å²) >= 11 is 2.86. The van der Waals surface area contributed by atoms with Gasteiger partial charge in [0.25, 0.3) is 11.6 Å². The number of hydrazone groups is 1. The molecule has 0 fully saturated rings. The van der Waals surface area contributed by atoms with Crippen LogP contribution in [-0.2, 0) is 0 Å². The van der Waals surface area contributed by atoms with Crippen molar-refractivity contribution in [3.63, 3.8) is 0 Å². The molecule has 0 aliphatic carbocycles. The first-order valence-electron chi connectivity index (χ1n) is 8.55. The van der Waals surface area contributed by atoms with Crippen molar-refractivity contribution < 1.29 is 9.72 Å². The molecule has 2 aromatic carbocycles. The third-order valence-corrected chi connectivity index (χ3v) is 5.88. The lowest BCUT2D eigenvalue weighted by molar-refractivity contribution is -0.384. The molecule has 1 amide bonds. The highest BCUT2D eigenvalue weighted by Gasteiger charge is 2.22. The molecule has 0 radical (unpaired) electrons. The molecule has 0 atom stereocenters. The number of thiophene rings is 1. The molecule has 4 aromatic rings. The molecular formula is C20H14N4O3S2. The van der Waals surface area contributed by atoms with E-state index in [0.29, 0.717) is 5.13 Å². The summed E-state index contributed by atoms with van der Waals surface area (Å²) in [5.74, 6) is -0.413. The van der Waals surface area contributed by atoms with Crippen molar-refractivity contribution in [2.24, 2.45) is 5.10 Å². The third kappa shape index (κ3) is 4.05. The van der Waals surface area contributed by atoms with Gasteiger partial charge in [0.15, 0.2) is 0 Å². The Morgan fingerprint density at radius 3 is 2.69 bits per heavy atom. The largest absolute Gasteiger partial charge is 0.280 e. The van der Waals surface area contributed by atoms with E-state index in [1.165, 1.54) is 51.9 Å². The lowest BCUT2D eigenvalue weighted by Crippen LogP contribution is -2.25. The topological polar surface area (TPSA) is 88.7 Å². The van der Waals surface area contributed by atoms with E-state index in [2.05, 4.69) is 10.1 Å². The number of thiazole rings is 1. The van der Waals surface area contributed by atoms with Crippen molar-refractivity contribution in [1.29, 1.82) is 0 Å². The molecule has 0 aliphatic heterocycles. The van der Waals surface area contributed by atoms with Crippen molar-refractivity contribution in [3.05, 3.63) is 86.1 Å². The van der Waals surface area contributed by atoms with E-state index in [-0.39, 0.29) is 11.3 Å². The average molecular weight is 422 g/mol. The van der Waals surface area contributed by atoms with E-state index in [9.17, 15) is 14.9 Å². The molecule has 0 saturated carbocycles. The maximum Gasteiger partial charge on any atom is 0.280 e. The molecule has 0 spiro atoms. The van der Waals surface area contributed by atoms with Gasteiger partial charge < -0.3 is 0 Å². The predicted octanol–water partition coefficient (Wildman–Crippen LogP) is 5.26. The Bertz CT molecular complexity index is 1210. The number of benzene rings is 2. The van der Waals surface area contributed by atoms with Crippen molar-refractivity contribution in [1.82, 2.24) is 4.98 Å². The van der Waals surface area contributed by atoms with Gasteiger partial charge in [0.1, 0.15) is 0 Å². The number of fused-ring (bicyclic) bond motifs is 1. The number of nitrogens with zero attached hydrogens (tertiary/aromatic N) is 4. The van der Waals surface area contributed by atoms with Gasteiger partial charge in [0.2, 0.25) is 5.13 Å². The van der Waals surface area contributed by atoms with Crippen LogP contribution >= 0.6 is 22.7 Å². The van der Waals surface area contributed by atoms with Crippen LogP contribution in [0.5, 0.6) is 0 Å². The number of hydrogen-bond acceptors (Lipinski definition) is 7. The van der Waals surface area contributed by atoms with Gasteiger partial charge in [-0.25, -0.2) is 4.98 Å². The van der Waals surface area contributed by atoms with Gasteiger partial charge in [0, 0.05) is 22.6 Å². The number of hydrogen-bond donors (Lipinski definition) is 0. The highest BCUT2D eigenvalue weighted by molar-refractivity contribution is 7.22. The first kappa shape index (κ1) is 18.9. The Morgan fingerprint density at radius 1 is 1.21 bits per heavy atom. The van der Waals surface area contributed by atoms with Crippen LogP contribution in [0.15, 0.2) is 65.1 Å². The maximum atomic E-state index is 13.1. The smallest absolute Gasteiger partial charge is 0.267 e. The third-order valence-electron chi connectivity index (χ3n) is 4.07. The minimum atomic E-state index is -0.503. The second kappa shape index (κ2) is 7.90. The van der Waals surface area contributed by atoms with Crippen molar-refractivity contribution in [2.45, 2.75) is 6.92 Å². The molecule has 0 bridgehead atoms. The van der Waals surface area contributed by atoms with E-state index in [0.717, 1.165) is 20.7 Å². The molecule has 7 nitrogen and oxygen atoms in total. The summed E-state index contributed by atoms with van der Waals surface area (Å²) < 4.78 is 0.952. The van der Waals surface area contributed by atoms with Crippen LogP contribution in [0.4, 0.5) is 10.8 Å². The Labute approximate surface area is 173 Å². The zero-order chi connectivity index (χ0) is 20.4. The molecule has 0 saturated heterocycles. The number of non-ortho nitro benzene ring substituents is 1. The number of anilines is 1. The zero-order valence-electron chi connectivity index (χ0n) is 15.2. The van der Waals surface area contributed by atoms with Crippen molar-refractivity contribution in [3.8, 4) is 0 Å². The van der Waals surface area contributed by atoms with Crippen LogP contribution in [0, 0.1) is 17.0 Å². The normalized spacial score (nSPS) is 11.2. The van der Waals surface area contributed by atoms with Crippen LogP contribution in [0.25, 0.3) is 10.2 Å². The number of aromatic nitrogens is 1. The summed E-state index contributed by atoms with van der Waals surface area (Å²) in [6, 6.07) is 15.1. The van der Waals surface area contributed by atoms with Gasteiger partial charge in [-0.3, -0.25) is 14.9 Å². The number of nitro groups is 1. The van der Waals surface area contributed by atoms with Crippen LogP contribution in [0.3, 0.4) is 0 Å². The first-order valence-corrected chi connectivity index (χ1v) is 10.2. The van der Waals surface area contributed by atoms with Gasteiger partial charge in [-0.05, 0) is 48.2 Å². The fourth-order valence-electron chi connectivity index (χ4n) is 2.63. The predicted molar refractivity (Wildman–Crippen MR) is 116 cm³/mol. The Balaban J connectivity index is 1.74. The van der Waals surface area contributed by atoms with Gasteiger partial charge in [0.05, 0.1) is 21.4 Å². The quantitative estimate of drug-likeness (QED) is 0.249. The number of carbonyl (C=O) groups excluding carboxylic acids is 1. The molecule has 9 heteroatoms. The zero-order valence-corrected chi connectivity index (χ0v) is 16.8. The van der Waals surface area contributed by atoms with Crippen molar-refractivity contribution >= 4 is 55.8 Å². The first-order chi connectivity index (χ1) is 14.0. The minimum absolute atomic E-state index is 0.0781. The van der Waals surface area contributed by atoms with Gasteiger partial charge in [-0.1, -0.05) is 23.5 Å². The number of amides is 1. The molecule has 29 heavy (non-hydrogen) atoms. The van der Waals surface area contributed by atoms with Crippen LogP contribution in [-0.4, -0.2) is 22.0 Å². The van der Waals surface area contributed by atoms with Gasteiger partial charge in [-0.15, -0.1) is 11.3 Å². The monoisotopic (exact) mass is 422 g/mol. The Kier molecular flexibility index (Phi) is 5.15. The SMILES string of the molecule is Cc1ccc2nc(N(/N=C/c3cccs3)C(=O)c3ccc([N+](=O)[O-])cc3)sc2c1. The van der Waals surface area contributed by atoms with E-state index in [1.807, 2.05) is 42.6 Å². The lowest BCUT2D eigenvalue weighted by atomic mass is 10.2. The number of aryl methyl sites for hydroxylation is 1. The van der Waals surface area contributed by atoms with Gasteiger partial charge in [-0.2, -0.15) is 10.1 Å². The summed E-state index contributed by atoms with van der Waals surface area (Å²) in [6.45, 7) is 1.99. The summed E-state index contributed by atoms with van der Waals surface area (Å²) in [4.78, 5) is 29.0. The van der Waals surface area contributed by atoms with Crippen LogP contribution < -0.4 is 5.01 Å². The number of rotatable bonds is 5. The standard InChI is InChI=1S/C20H14N4O3S2/c1-13-4-9-17-18(11-13)29-20(22-17)23(21-12-16-3-2-10-28-16)19(25)14-5-7-15(8-6-14)24(26)27/h2-12H,1H3/b21-12+. The van der Waals surface area contributed by atoms with E-state index >= 15 is 0 Å². The summed E-state index contributed by atoms with van der Waals surface area (Å²) in [5.41, 5.74) is 2.09. The van der Waals surface area contributed by atoms with E-state index in [1.54, 1.807) is 6.21 Å².